The Bertz CT molecular complexity index is 1840. The minimum absolute atomic E-state index is 0.0440. The molecule has 0 spiro atoms. The lowest BCUT2D eigenvalue weighted by atomic mass is 9.77. The summed E-state index contributed by atoms with van der Waals surface area (Å²) in [5, 5.41) is 3.19. The third kappa shape index (κ3) is 5.19. The van der Waals surface area contributed by atoms with Crippen LogP contribution in [-0.2, 0) is 23.3 Å². The molecule has 9 nitrogen and oxygen atoms in total. The maximum Gasteiger partial charge on any atom is 0.260 e. The minimum atomic E-state index is -0.818. The zero-order chi connectivity index (χ0) is 33.0. The summed E-state index contributed by atoms with van der Waals surface area (Å²) in [6, 6.07) is 16.2. The van der Waals surface area contributed by atoms with Gasteiger partial charge in [-0.05, 0) is 69.2 Å². The second-order valence-corrected chi connectivity index (χ2v) is 12.5. The van der Waals surface area contributed by atoms with Crippen molar-refractivity contribution >= 4 is 23.3 Å². The van der Waals surface area contributed by atoms with E-state index in [1.54, 1.807) is 41.2 Å². The number of aromatic nitrogens is 2. The highest BCUT2D eigenvalue weighted by molar-refractivity contribution is 6.03. The number of fused-ring (bicyclic) bond motifs is 1. The zero-order valence-electron chi connectivity index (χ0n) is 26.6. The number of likely N-dealkylation sites (tertiary alicyclic amines) is 1. The van der Waals surface area contributed by atoms with Crippen molar-refractivity contribution in [2.75, 3.05) is 26.6 Å². The molecule has 1 atom stereocenters. The molecular formula is C35H35F2N5O4. The Labute approximate surface area is 266 Å². The lowest BCUT2D eigenvalue weighted by molar-refractivity contribution is -0.132. The Balaban J connectivity index is 1.37. The lowest BCUT2D eigenvalue weighted by Gasteiger charge is -2.26. The first kappa shape index (κ1) is 30.9. The number of nitrogens with one attached hydrogen (secondary N) is 1. The maximum atomic E-state index is 14.9. The van der Waals surface area contributed by atoms with E-state index in [1.807, 2.05) is 46.0 Å². The second kappa shape index (κ2) is 11.4. The van der Waals surface area contributed by atoms with Crippen molar-refractivity contribution in [3.05, 3.63) is 94.7 Å². The van der Waals surface area contributed by atoms with Gasteiger partial charge in [-0.2, -0.15) is 0 Å². The molecule has 2 aliphatic heterocycles. The Hall–Kier alpha value is -5.06. The minimum Gasteiger partial charge on any atom is -0.497 e. The smallest absolute Gasteiger partial charge is 0.260 e. The van der Waals surface area contributed by atoms with E-state index < -0.39 is 17.0 Å². The molecule has 0 bridgehead atoms. The predicted octanol–water partition coefficient (Wildman–Crippen LogP) is 6.24. The van der Waals surface area contributed by atoms with E-state index in [4.69, 9.17) is 9.47 Å². The summed E-state index contributed by atoms with van der Waals surface area (Å²) in [5.74, 6) is -0.842. The van der Waals surface area contributed by atoms with Gasteiger partial charge in [0, 0.05) is 29.9 Å². The summed E-state index contributed by atoms with van der Waals surface area (Å²) in [5.41, 5.74) is 1.36. The average molecular weight is 628 g/mol. The summed E-state index contributed by atoms with van der Waals surface area (Å²) in [4.78, 5) is 39.4. The van der Waals surface area contributed by atoms with Gasteiger partial charge in [0.25, 0.3) is 5.91 Å². The SMILES string of the molecule is COc1ccc(CN2Cc3nc(-c4c(F)cccc4F)nc(Nc4ccc([C@]5(C)CC(C)(C)N(C)C5=O)cc4)c3C2=O)c(OC)c1. The second-order valence-electron chi connectivity index (χ2n) is 12.5. The van der Waals surface area contributed by atoms with Gasteiger partial charge in [-0.25, -0.2) is 18.7 Å². The highest BCUT2D eigenvalue weighted by atomic mass is 19.1. The Morgan fingerprint density at radius 2 is 1.61 bits per heavy atom. The molecular weight excluding hydrogens is 592 g/mol. The topological polar surface area (TPSA) is 96.9 Å². The number of likely N-dealkylation sites (N-methyl/N-ethyl adjacent to an activating group) is 1. The fourth-order valence-electron chi connectivity index (χ4n) is 6.47. The van der Waals surface area contributed by atoms with E-state index >= 15 is 0 Å². The van der Waals surface area contributed by atoms with Gasteiger partial charge in [0.1, 0.15) is 34.5 Å². The molecule has 0 aliphatic carbocycles. The third-order valence-corrected chi connectivity index (χ3v) is 9.12. The fraction of sp³-hybridized carbons (Fsp3) is 0.314. The number of anilines is 2. The summed E-state index contributed by atoms with van der Waals surface area (Å²) < 4.78 is 40.6. The van der Waals surface area contributed by atoms with Crippen LogP contribution >= 0.6 is 0 Å². The number of carbonyl (C=O) groups excluding carboxylic acids is 2. The van der Waals surface area contributed by atoms with Gasteiger partial charge in [-0.3, -0.25) is 9.59 Å². The highest BCUT2D eigenvalue weighted by Gasteiger charge is 2.51. The molecule has 0 saturated carbocycles. The first-order valence-electron chi connectivity index (χ1n) is 14.9. The van der Waals surface area contributed by atoms with Gasteiger partial charge in [-0.1, -0.05) is 18.2 Å². The van der Waals surface area contributed by atoms with Crippen molar-refractivity contribution in [1.82, 2.24) is 19.8 Å². The molecule has 1 aromatic heterocycles. The summed E-state index contributed by atoms with van der Waals surface area (Å²) in [6.07, 6.45) is 0.655. The number of carbonyl (C=O) groups is 2. The summed E-state index contributed by atoms with van der Waals surface area (Å²) in [6.45, 7) is 6.32. The van der Waals surface area contributed by atoms with Crippen molar-refractivity contribution < 1.29 is 27.8 Å². The van der Waals surface area contributed by atoms with E-state index in [2.05, 4.69) is 15.3 Å². The van der Waals surface area contributed by atoms with E-state index in [0.717, 1.165) is 23.3 Å². The van der Waals surface area contributed by atoms with Gasteiger partial charge in [-0.15, -0.1) is 0 Å². The average Bonchev–Trinajstić information content (AvgIpc) is 3.42. The number of hydrogen-bond acceptors (Lipinski definition) is 7. The van der Waals surface area contributed by atoms with Gasteiger partial charge in [0.15, 0.2) is 5.82 Å². The highest BCUT2D eigenvalue weighted by Crippen LogP contribution is 2.44. The molecule has 2 aliphatic rings. The molecule has 4 aromatic rings. The Morgan fingerprint density at radius 3 is 2.22 bits per heavy atom. The van der Waals surface area contributed by atoms with E-state index in [9.17, 15) is 18.4 Å². The van der Waals surface area contributed by atoms with Crippen LogP contribution in [0.15, 0.2) is 60.7 Å². The number of methoxy groups -OCH3 is 2. The van der Waals surface area contributed by atoms with Crippen molar-refractivity contribution in [2.45, 2.75) is 51.2 Å². The van der Waals surface area contributed by atoms with Gasteiger partial charge in [0.05, 0.1) is 44.0 Å². The van der Waals surface area contributed by atoms with Crippen LogP contribution < -0.4 is 14.8 Å². The summed E-state index contributed by atoms with van der Waals surface area (Å²) in [7, 11) is 4.91. The molecule has 1 fully saturated rings. The van der Waals surface area contributed by atoms with Crippen LogP contribution in [0.4, 0.5) is 20.3 Å². The molecule has 1 saturated heterocycles. The molecule has 3 aromatic carbocycles. The molecule has 0 unspecified atom stereocenters. The quantitative estimate of drug-likeness (QED) is 0.247. The Morgan fingerprint density at radius 1 is 0.913 bits per heavy atom. The Kier molecular flexibility index (Phi) is 7.66. The number of hydrogen-bond donors (Lipinski definition) is 1. The maximum absolute atomic E-state index is 14.9. The van der Waals surface area contributed by atoms with Crippen molar-refractivity contribution in [3.8, 4) is 22.9 Å². The van der Waals surface area contributed by atoms with Gasteiger partial charge < -0.3 is 24.6 Å². The largest absolute Gasteiger partial charge is 0.497 e. The van der Waals surface area contributed by atoms with Gasteiger partial charge in [0.2, 0.25) is 5.91 Å². The molecule has 3 heterocycles. The first-order valence-corrected chi connectivity index (χ1v) is 14.9. The van der Waals surface area contributed by atoms with Crippen LogP contribution in [0.3, 0.4) is 0 Å². The van der Waals surface area contributed by atoms with Crippen LogP contribution in [-0.4, -0.2) is 58.4 Å². The fourth-order valence-corrected chi connectivity index (χ4v) is 6.47. The lowest BCUT2D eigenvalue weighted by Crippen LogP contribution is -2.38. The van der Waals surface area contributed by atoms with Crippen molar-refractivity contribution in [2.24, 2.45) is 0 Å². The monoisotopic (exact) mass is 627 g/mol. The number of halogens is 2. The van der Waals surface area contributed by atoms with E-state index in [0.29, 0.717) is 29.3 Å². The van der Waals surface area contributed by atoms with Gasteiger partial charge >= 0.3 is 0 Å². The number of benzene rings is 3. The summed E-state index contributed by atoms with van der Waals surface area (Å²) >= 11 is 0. The van der Waals surface area contributed by atoms with Crippen molar-refractivity contribution in [3.63, 3.8) is 0 Å². The van der Waals surface area contributed by atoms with Crippen molar-refractivity contribution in [1.29, 1.82) is 0 Å². The normalized spacial score (nSPS) is 18.6. The number of ether oxygens (including phenoxy) is 2. The number of amides is 2. The molecule has 1 N–H and O–H groups in total. The molecule has 11 heteroatoms. The first-order chi connectivity index (χ1) is 21.9. The molecule has 46 heavy (non-hydrogen) atoms. The van der Waals surface area contributed by atoms with Crippen LogP contribution in [0.2, 0.25) is 0 Å². The molecule has 6 rings (SSSR count). The predicted molar refractivity (Wildman–Crippen MR) is 169 cm³/mol. The standard InChI is InChI=1S/C35H35F2N5O4/c1-34(2)19-35(3,33(44)41(34)4)21-11-13-22(14-12-21)38-31-29-26(39-30(40-31)28-24(36)8-7-9-25(28)37)18-42(32(29)43)17-20-10-15-23(45-5)16-27(20)46-6/h7-16H,17-19H2,1-6H3,(H,38,39,40)/t35-/m0/s1. The van der Waals surface area contributed by atoms with Crippen LogP contribution in [0, 0.1) is 11.6 Å². The molecule has 2 amide bonds. The third-order valence-electron chi connectivity index (χ3n) is 9.12. The number of rotatable bonds is 8. The number of nitrogens with zero attached hydrogens (tertiary/aromatic N) is 4. The molecule has 238 valence electrons. The van der Waals surface area contributed by atoms with Crippen LogP contribution in [0.1, 0.15) is 54.4 Å². The van der Waals surface area contributed by atoms with Crippen LogP contribution in [0.25, 0.3) is 11.4 Å². The van der Waals surface area contributed by atoms with E-state index in [1.165, 1.54) is 13.2 Å². The molecule has 0 radical (unpaired) electrons. The van der Waals surface area contributed by atoms with Crippen LogP contribution in [0.5, 0.6) is 11.5 Å². The zero-order valence-corrected chi connectivity index (χ0v) is 26.6. The van der Waals surface area contributed by atoms with E-state index in [-0.39, 0.29) is 53.2 Å².